The van der Waals surface area contributed by atoms with Gasteiger partial charge in [-0.05, 0) is 35.8 Å². The number of halogens is 1. The normalized spacial score (nSPS) is 10.3. The van der Waals surface area contributed by atoms with Gasteiger partial charge in [0.25, 0.3) is 5.91 Å². The van der Waals surface area contributed by atoms with E-state index < -0.39 is 0 Å². The number of nitrogens with zero attached hydrogens (tertiary/aromatic N) is 2. The number of anilines is 1. The Morgan fingerprint density at radius 2 is 2.20 bits per heavy atom. The molecule has 2 aromatic heterocycles. The summed E-state index contributed by atoms with van der Waals surface area (Å²) >= 11 is 4.91. The first-order chi connectivity index (χ1) is 9.60. The highest BCUT2D eigenvalue weighted by Gasteiger charge is 2.13. The predicted octanol–water partition coefficient (Wildman–Crippen LogP) is 2.97. The summed E-state index contributed by atoms with van der Waals surface area (Å²) in [5.74, 6) is 0.439. The van der Waals surface area contributed by atoms with E-state index in [0.717, 1.165) is 14.4 Å². The van der Waals surface area contributed by atoms with Gasteiger partial charge in [-0.15, -0.1) is 11.3 Å². The highest BCUT2D eigenvalue weighted by Crippen LogP contribution is 2.18. The number of nitrogens with one attached hydrogen (secondary N) is 2. The van der Waals surface area contributed by atoms with E-state index >= 15 is 0 Å². The van der Waals surface area contributed by atoms with Gasteiger partial charge < -0.3 is 10.6 Å². The van der Waals surface area contributed by atoms with Crippen molar-refractivity contribution in [2.24, 2.45) is 0 Å². The van der Waals surface area contributed by atoms with Gasteiger partial charge in [0.1, 0.15) is 5.82 Å². The molecule has 2 N–H and O–H groups in total. The van der Waals surface area contributed by atoms with Crippen molar-refractivity contribution in [3.05, 3.63) is 38.4 Å². The van der Waals surface area contributed by atoms with Crippen molar-refractivity contribution >= 4 is 39.0 Å². The fourth-order valence-electron chi connectivity index (χ4n) is 1.67. The van der Waals surface area contributed by atoms with Gasteiger partial charge in [-0.1, -0.05) is 0 Å². The molecule has 0 aliphatic rings. The second-order valence-corrected chi connectivity index (χ2v) is 6.34. The molecule has 0 atom stereocenters. The Morgan fingerprint density at radius 1 is 1.40 bits per heavy atom. The minimum absolute atomic E-state index is 0.152. The van der Waals surface area contributed by atoms with E-state index in [2.05, 4.69) is 36.5 Å². The molecule has 0 spiro atoms. The number of carbonyl (C=O) groups is 1. The molecule has 20 heavy (non-hydrogen) atoms. The highest BCUT2D eigenvalue weighted by atomic mass is 79.9. The number of carbonyl (C=O) groups excluding carboxylic acids is 1. The molecule has 0 radical (unpaired) electrons. The molecule has 0 fully saturated rings. The number of amides is 1. The standard InChI is InChI=1S/C13H15BrN4OS/c1-3-15-12-11(4-9(14)5-17-12)13(19)18-7-10-6-16-8(2)20-10/h4-6H,3,7H2,1-2H3,(H,15,17)(H,18,19). The van der Waals surface area contributed by atoms with Crippen LogP contribution >= 0.6 is 27.3 Å². The summed E-state index contributed by atoms with van der Waals surface area (Å²) in [7, 11) is 0. The summed E-state index contributed by atoms with van der Waals surface area (Å²) in [5, 5.41) is 6.96. The largest absolute Gasteiger partial charge is 0.370 e. The molecule has 0 bridgehead atoms. The SMILES string of the molecule is CCNc1ncc(Br)cc1C(=O)NCc1cnc(C)s1. The van der Waals surface area contributed by atoms with Crippen LogP contribution in [0.3, 0.4) is 0 Å². The molecule has 2 heterocycles. The van der Waals surface area contributed by atoms with E-state index in [4.69, 9.17) is 0 Å². The summed E-state index contributed by atoms with van der Waals surface area (Å²) in [6.07, 6.45) is 3.45. The summed E-state index contributed by atoms with van der Waals surface area (Å²) in [6.45, 7) is 5.09. The van der Waals surface area contributed by atoms with E-state index in [0.29, 0.717) is 24.5 Å². The number of thiazole rings is 1. The molecule has 2 aromatic rings. The highest BCUT2D eigenvalue weighted by molar-refractivity contribution is 9.10. The third-order valence-electron chi connectivity index (χ3n) is 2.54. The lowest BCUT2D eigenvalue weighted by Crippen LogP contribution is -2.24. The van der Waals surface area contributed by atoms with E-state index in [1.165, 1.54) is 0 Å². The van der Waals surface area contributed by atoms with Gasteiger partial charge in [0.2, 0.25) is 0 Å². The maximum atomic E-state index is 12.2. The van der Waals surface area contributed by atoms with Gasteiger partial charge in [0, 0.05) is 28.3 Å². The minimum atomic E-state index is -0.152. The van der Waals surface area contributed by atoms with Crippen LogP contribution in [0.25, 0.3) is 0 Å². The molecule has 106 valence electrons. The Balaban J connectivity index is 2.09. The quantitative estimate of drug-likeness (QED) is 0.865. The second-order valence-electron chi connectivity index (χ2n) is 4.11. The number of aromatic nitrogens is 2. The molecule has 5 nitrogen and oxygen atoms in total. The fraction of sp³-hybridized carbons (Fsp3) is 0.308. The Bertz CT molecular complexity index is 614. The van der Waals surface area contributed by atoms with Crippen LogP contribution in [0.5, 0.6) is 0 Å². The Labute approximate surface area is 130 Å². The molecule has 0 aliphatic carbocycles. The van der Waals surface area contributed by atoms with Gasteiger partial charge in [0.05, 0.1) is 17.1 Å². The van der Waals surface area contributed by atoms with Crippen molar-refractivity contribution < 1.29 is 4.79 Å². The Hall–Kier alpha value is -1.47. The Morgan fingerprint density at radius 3 is 2.85 bits per heavy atom. The zero-order chi connectivity index (χ0) is 14.5. The monoisotopic (exact) mass is 354 g/mol. The van der Waals surface area contributed by atoms with Crippen molar-refractivity contribution in [1.29, 1.82) is 0 Å². The third kappa shape index (κ3) is 3.77. The van der Waals surface area contributed by atoms with Gasteiger partial charge in [-0.2, -0.15) is 0 Å². The van der Waals surface area contributed by atoms with Crippen LogP contribution < -0.4 is 10.6 Å². The first kappa shape index (κ1) is 14.9. The number of aryl methyl sites for hydroxylation is 1. The van der Waals surface area contributed by atoms with Crippen LogP contribution in [-0.4, -0.2) is 22.4 Å². The molecule has 0 aliphatic heterocycles. The topological polar surface area (TPSA) is 66.9 Å². The molecule has 2 rings (SSSR count). The van der Waals surface area contributed by atoms with E-state index in [1.807, 2.05) is 13.8 Å². The lowest BCUT2D eigenvalue weighted by Gasteiger charge is -2.10. The summed E-state index contributed by atoms with van der Waals surface area (Å²) in [6, 6.07) is 1.76. The zero-order valence-electron chi connectivity index (χ0n) is 11.2. The van der Waals surface area contributed by atoms with Crippen molar-refractivity contribution in [2.45, 2.75) is 20.4 Å². The number of pyridine rings is 1. The molecule has 0 saturated heterocycles. The Kier molecular flexibility index (Phi) is 5.08. The molecule has 7 heteroatoms. The number of rotatable bonds is 5. The lowest BCUT2D eigenvalue weighted by atomic mass is 10.2. The molecular weight excluding hydrogens is 340 g/mol. The van der Waals surface area contributed by atoms with Gasteiger partial charge in [-0.25, -0.2) is 9.97 Å². The zero-order valence-corrected chi connectivity index (χ0v) is 13.6. The van der Waals surface area contributed by atoms with Crippen molar-refractivity contribution in [2.75, 3.05) is 11.9 Å². The maximum Gasteiger partial charge on any atom is 0.255 e. The maximum absolute atomic E-state index is 12.2. The molecular formula is C13H15BrN4OS. The molecule has 0 unspecified atom stereocenters. The van der Waals surface area contributed by atoms with Crippen molar-refractivity contribution in [1.82, 2.24) is 15.3 Å². The van der Waals surface area contributed by atoms with Crippen LogP contribution in [0.4, 0.5) is 5.82 Å². The summed E-state index contributed by atoms with van der Waals surface area (Å²) in [4.78, 5) is 21.7. The molecule has 0 aromatic carbocycles. The third-order valence-corrected chi connectivity index (χ3v) is 3.88. The van der Waals surface area contributed by atoms with Crippen LogP contribution in [0, 0.1) is 6.92 Å². The van der Waals surface area contributed by atoms with Crippen molar-refractivity contribution in [3.63, 3.8) is 0 Å². The van der Waals surface area contributed by atoms with Crippen LogP contribution in [0.2, 0.25) is 0 Å². The van der Waals surface area contributed by atoms with E-state index in [1.54, 1.807) is 29.8 Å². The van der Waals surface area contributed by atoms with Crippen LogP contribution in [0.1, 0.15) is 27.2 Å². The van der Waals surface area contributed by atoms with Gasteiger partial charge in [0.15, 0.2) is 0 Å². The lowest BCUT2D eigenvalue weighted by molar-refractivity contribution is 0.0951. The van der Waals surface area contributed by atoms with Crippen molar-refractivity contribution in [3.8, 4) is 0 Å². The first-order valence-corrected chi connectivity index (χ1v) is 7.80. The van der Waals surface area contributed by atoms with E-state index in [9.17, 15) is 4.79 Å². The average molecular weight is 355 g/mol. The van der Waals surface area contributed by atoms with Gasteiger partial charge in [-0.3, -0.25) is 4.79 Å². The number of hydrogen-bond acceptors (Lipinski definition) is 5. The van der Waals surface area contributed by atoms with Crippen LogP contribution in [0.15, 0.2) is 22.9 Å². The smallest absolute Gasteiger partial charge is 0.255 e. The fourth-order valence-corrected chi connectivity index (χ4v) is 2.74. The molecule has 1 amide bonds. The average Bonchev–Trinajstić information content (AvgIpc) is 2.84. The second kappa shape index (κ2) is 6.81. The summed E-state index contributed by atoms with van der Waals surface area (Å²) < 4.78 is 0.776. The van der Waals surface area contributed by atoms with Crippen LogP contribution in [-0.2, 0) is 6.54 Å². The van der Waals surface area contributed by atoms with E-state index in [-0.39, 0.29) is 5.91 Å². The predicted molar refractivity (Wildman–Crippen MR) is 84.1 cm³/mol. The van der Waals surface area contributed by atoms with Gasteiger partial charge >= 0.3 is 0 Å². The first-order valence-electron chi connectivity index (χ1n) is 6.19. The summed E-state index contributed by atoms with van der Waals surface area (Å²) in [5.41, 5.74) is 0.530. The minimum Gasteiger partial charge on any atom is -0.370 e. The molecule has 0 saturated carbocycles. The number of hydrogen-bond donors (Lipinski definition) is 2.